The van der Waals surface area contributed by atoms with Gasteiger partial charge in [-0.1, -0.05) is 6.07 Å². The van der Waals surface area contributed by atoms with Crippen LogP contribution in [0.4, 0.5) is 10.2 Å². The predicted octanol–water partition coefficient (Wildman–Crippen LogP) is 2.87. The molecule has 0 fully saturated rings. The van der Waals surface area contributed by atoms with Gasteiger partial charge in [0.15, 0.2) is 5.82 Å². The number of rotatable bonds is 2. The molecule has 0 saturated carbocycles. The van der Waals surface area contributed by atoms with Gasteiger partial charge in [-0.3, -0.25) is 9.97 Å². The average molecular weight is 254 g/mol. The lowest BCUT2D eigenvalue weighted by atomic mass is 10.1. The van der Waals surface area contributed by atoms with Gasteiger partial charge in [-0.05, 0) is 18.2 Å². The van der Waals surface area contributed by atoms with Crippen molar-refractivity contribution >= 4 is 16.7 Å². The van der Waals surface area contributed by atoms with E-state index in [2.05, 4.69) is 20.3 Å². The number of hydrogen-bond acceptors (Lipinski definition) is 4. The van der Waals surface area contributed by atoms with Crippen molar-refractivity contribution in [2.24, 2.45) is 0 Å². The minimum absolute atomic E-state index is 0.316. The van der Waals surface area contributed by atoms with E-state index in [1.54, 1.807) is 31.7 Å². The number of hydrogen-bond donors (Lipinski definition) is 1. The Morgan fingerprint density at radius 1 is 1.05 bits per heavy atom. The lowest BCUT2D eigenvalue weighted by Gasteiger charge is -2.09. The van der Waals surface area contributed by atoms with Crippen LogP contribution in [0, 0.1) is 5.82 Å². The first kappa shape index (κ1) is 11.5. The van der Waals surface area contributed by atoms with Crippen LogP contribution in [0.3, 0.4) is 0 Å². The molecule has 4 nitrogen and oxygen atoms in total. The molecular formula is C14H11FN4. The van der Waals surface area contributed by atoms with Crippen molar-refractivity contribution in [1.29, 1.82) is 0 Å². The second-order valence-electron chi connectivity index (χ2n) is 4.03. The summed E-state index contributed by atoms with van der Waals surface area (Å²) in [5.41, 5.74) is 1.93. The summed E-state index contributed by atoms with van der Waals surface area (Å²) in [6, 6.07) is 6.49. The lowest BCUT2D eigenvalue weighted by Crippen LogP contribution is -1.98. The minimum Gasteiger partial charge on any atom is -0.371 e. The van der Waals surface area contributed by atoms with E-state index in [-0.39, 0.29) is 5.82 Å². The van der Waals surface area contributed by atoms with Crippen LogP contribution in [0.5, 0.6) is 0 Å². The summed E-state index contributed by atoms with van der Waals surface area (Å²) in [4.78, 5) is 12.8. The largest absolute Gasteiger partial charge is 0.371 e. The molecule has 0 unspecified atom stereocenters. The highest BCUT2D eigenvalue weighted by atomic mass is 19.1. The van der Waals surface area contributed by atoms with Crippen LogP contribution < -0.4 is 5.32 Å². The zero-order valence-corrected chi connectivity index (χ0v) is 10.3. The highest BCUT2D eigenvalue weighted by Gasteiger charge is 2.12. The number of fused-ring (bicyclic) bond motifs is 1. The van der Waals surface area contributed by atoms with Gasteiger partial charge in [-0.25, -0.2) is 9.37 Å². The van der Waals surface area contributed by atoms with Gasteiger partial charge in [0.2, 0.25) is 0 Å². The maximum Gasteiger partial charge on any atom is 0.152 e. The number of pyridine rings is 1. The molecule has 0 aliphatic heterocycles. The summed E-state index contributed by atoms with van der Waals surface area (Å²) >= 11 is 0. The first-order valence-electron chi connectivity index (χ1n) is 5.83. The Hall–Kier alpha value is -2.56. The number of nitrogens with zero attached hydrogens (tertiary/aromatic N) is 3. The van der Waals surface area contributed by atoms with E-state index in [1.165, 1.54) is 12.1 Å². The van der Waals surface area contributed by atoms with Gasteiger partial charge in [-0.15, -0.1) is 0 Å². The monoisotopic (exact) mass is 254 g/mol. The molecule has 0 aliphatic rings. The normalized spacial score (nSPS) is 10.6. The molecule has 1 N–H and O–H groups in total. The van der Waals surface area contributed by atoms with Crippen molar-refractivity contribution in [2.75, 3.05) is 12.4 Å². The first-order valence-corrected chi connectivity index (χ1v) is 5.83. The predicted molar refractivity (Wildman–Crippen MR) is 72.3 cm³/mol. The molecule has 0 saturated heterocycles. The molecule has 2 aromatic heterocycles. The van der Waals surface area contributed by atoms with Crippen molar-refractivity contribution < 1.29 is 4.39 Å². The zero-order chi connectivity index (χ0) is 13.2. The molecule has 0 aliphatic carbocycles. The second-order valence-corrected chi connectivity index (χ2v) is 4.03. The Morgan fingerprint density at radius 2 is 1.89 bits per heavy atom. The summed E-state index contributed by atoms with van der Waals surface area (Å²) in [6.07, 6.45) is 4.85. The third kappa shape index (κ3) is 1.99. The molecule has 94 valence electrons. The van der Waals surface area contributed by atoms with E-state index in [4.69, 9.17) is 0 Å². The lowest BCUT2D eigenvalue weighted by molar-refractivity contribution is 0.630. The smallest absolute Gasteiger partial charge is 0.152 e. The van der Waals surface area contributed by atoms with Gasteiger partial charge >= 0.3 is 0 Å². The molecule has 19 heavy (non-hydrogen) atoms. The topological polar surface area (TPSA) is 50.7 Å². The summed E-state index contributed by atoms with van der Waals surface area (Å²) in [5.74, 6) is 0.281. The molecule has 0 amide bonds. The molecule has 0 bridgehead atoms. The molecule has 2 heterocycles. The highest BCUT2D eigenvalue weighted by Crippen LogP contribution is 2.30. The van der Waals surface area contributed by atoms with Crippen LogP contribution in [-0.2, 0) is 0 Å². The Bertz CT molecular complexity index is 742. The Labute approximate surface area is 109 Å². The fourth-order valence-corrected chi connectivity index (χ4v) is 2.05. The summed E-state index contributed by atoms with van der Waals surface area (Å²) in [5, 5.41) is 3.70. The Balaban J connectivity index is 2.36. The van der Waals surface area contributed by atoms with E-state index in [0.717, 1.165) is 5.39 Å². The standard InChI is InChI=1S/C14H11FN4/c1-16-14-13(18-5-6-19-14)11-8-10(15)7-9-3-2-4-17-12(9)11/h2-8H,1H3,(H,16,19). The summed E-state index contributed by atoms with van der Waals surface area (Å²) in [7, 11) is 1.75. The quantitative estimate of drug-likeness (QED) is 0.764. The van der Waals surface area contributed by atoms with Crippen LogP contribution in [0.2, 0.25) is 0 Å². The molecule has 0 radical (unpaired) electrons. The Kier molecular flexibility index (Phi) is 2.79. The van der Waals surface area contributed by atoms with Crippen molar-refractivity contribution in [3.05, 3.63) is 48.7 Å². The summed E-state index contributed by atoms with van der Waals surface area (Å²) in [6.45, 7) is 0. The van der Waals surface area contributed by atoms with Crippen molar-refractivity contribution in [2.45, 2.75) is 0 Å². The molecule has 5 heteroatoms. The summed E-state index contributed by atoms with van der Waals surface area (Å²) < 4.78 is 13.7. The van der Waals surface area contributed by atoms with Gasteiger partial charge in [0.25, 0.3) is 0 Å². The van der Waals surface area contributed by atoms with Crippen LogP contribution in [-0.4, -0.2) is 22.0 Å². The van der Waals surface area contributed by atoms with Crippen molar-refractivity contribution in [3.8, 4) is 11.3 Å². The molecule has 0 atom stereocenters. The third-order valence-corrected chi connectivity index (χ3v) is 2.86. The number of aromatic nitrogens is 3. The van der Waals surface area contributed by atoms with Crippen LogP contribution >= 0.6 is 0 Å². The van der Waals surface area contributed by atoms with Crippen LogP contribution in [0.25, 0.3) is 22.2 Å². The molecule has 3 aromatic rings. The maximum absolute atomic E-state index is 13.7. The first-order chi connectivity index (χ1) is 9.29. The SMILES string of the molecule is CNc1nccnc1-c1cc(F)cc2cccnc12. The number of benzene rings is 1. The fraction of sp³-hybridized carbons (Fsp3) is 0.0714. The number of nitrogens with one attached hydrogen (secondary N) is 1. The molecular weight excluding hydrogens is 243 g/mol. The van der Waals surface area contributed by atoms with Crippen molar-refractivity contribution in [3.63, 3.8) is 0 Å². The Morgan fingerprint density at radius 3 is 2.74 bits per heavy atom. The second kappa shape index (κ2) is 4.61. The van der Waals surface area contributed by atoms with Gasteiger partial charge in [0, 0.05) is 36.6 Å². The zero-order valence-electron chi connectivity index (χ0n) is 10.3. The minimum atomic E-state index is -0.316. The van der Waals surface area contributed by atoms with Crippen LogP contribution in [0.15, 0.2) is 42.9 Å². The van der Waals surface area contributed by atoms with Crippen LogP contribution in [0.1, 0.15) is 0 Å². The maximum atomic E-state index is 13.7. The van der Waals surface area contributed by atoms with Crippen molar-refractivity contribution in [1.82, 2.24) is 15.0 Å². The van der Waals surface area contributed by atoms with E-state index < -0.39 is 0 Å². The fourth-order valence-electron chi connectivity index (χ4n) is 2.05. The van der Waals surface area contributed by atoms with Gasteiger partial charge in [0.1, 0.15) is 11.5 Å². The number of anilines is 1. The van der Waals surface area contributed by atoms with Gasteiger partial charge < -0.3 is 5.32 Å². The molecule has 0 spiro atoms. The average Bonchev–Trinajstić information content (AvgIpc) is 2.46. The third-order valence-electron chi connectivity index (χ3n) is 2.86. The van der Waals surface area contributed by atoms with E-state index in [0.29, 0.717) is 22.6 Å². The highest BCUT2D eigenvalue weighted by molar-refractivity contribution is 5.94. The number of halogens is 1. The molecule has 3 rings (SSSR count). The molecule has 1 aromatic carbocycles. The van der Waals surface area contributed by atoms with Gasteiger partial charge in [-0.2, -0.15) is 0 Å². The van der Waals surface area contributed by atoms with E-state index in [9.17, 15) is 4.39 Å². The van der Waals surface area contributed by atoms with Gasteiger partial charge in [0.05, 0.1) is 5.52 Å². The van der Waals surface area contributed by atoms with E-state index in [1.807, 2.05) is 6.07 Å². The van der Waals surface area contributed by atoms with E-state index >= 15 is 0 Å².